The number of thioether (sulfide) groups is 2. The van der Waals surface area contributed by atoms with Crippen LogP contribution in [0.2, 0.25) is 0 Å². The number of alkyl carbamates (subject to hydrolysis) is 1. The highest BCUT2D eigenvalue weighted by atomic mass is 32.2. The Balaban J connectivity index is 1.32. The second-order valence-electron chi connectivity index (χ2n) is 19.3. The van der Waals surface area contributed by atoms with Crippen molar-refractivity contribution in [2.24, 2.45) is 5.92 Å². The molecule has 0 aliphatic carbocycles. The lowest BCUT2D eigenvalue weighted by atomic mass is 10.0. The van der Waals surface area contributed by atoms with Gasteiger partial charge in [-0.2, -0.15) is 23.5 Å². The molecule has 0 heterocycles. The molecule has 5 aromatic carbocycles. The van der Waals surface area contributed by atoms with Gasteiger partial charge in [-0.05, 0) is 65.0 Å². The molecule has 0 bridgehead atoms. The van der Waals surface area contributed by atoms with Gasteiger partial charge < -0.3 is 50.8 Å². The average molecular weight is 1160 g/mol. The third kappa shape index (κ3) is 25.1. The molecule has 5 atom stereocenters. The quantitative estimate of drug-likeness (QED) is 0.0191. The molecule has 19 nitrogen and oxygen atoms in total. The molecule has 5 aromatic rings. The first kappa shape index (κ1) is 64.6. The van der Waals surface area contributed by atoms with Gasteiger partial charge in [-0.25, -0.2) is 9.59 Å². The van der Waals surface area contributed by atoms with Crippen LogP contribution in [0, 0.1) is 5.92 Å². The van der Waals surface area contributed by atoms with Crippen LogP contribution in [0.4, 0.5) is 4.79 Å². The summed E-state index contributed by atoms with van der Waals surface area (Å²) >= 11 is 2.70. The summed E-state index contributed by atoms with van der Waals surface area (Å²) in [6.45, 7) is 2.67. The number of nitrogens with one attached hydrogen (secondary N) is 6. The van der Waals surface area contributed by atoms with E-state index in [-0.39, 0.29) is 63.8 Å². The van der Waals surface area contributed by atoms with Crippen LogP contribution >= 0.6 is 23.5 Å². The second-order valence-corrected chi connectivity index (χ2v) is 21.3. The predicted molar refractivity (Wildman–Crippen MR) is 312 cm³/mol. The Morgan fingerprint density at radius 2 is 0.890 bits per heavy atom. The summed E-state index contributed by atoms with van der Waals surface area (Å²) in [5.74, 6) is -5.82. The molecule has 5 rings (SSSR count). The number of hydrogen-bond acceptors (Lipinski definition) is 15. The molecule has 436 valence electrons. The van der Waals surface area contributed by atoms with Gasteiger partial charge in [-0.1, -0.05) is 166 Å². The minimum atomic E-state index is -1.61. The van der Waals surface area contributed by atoms with Crippen LogP contribution in [0.5, 0.6) is 0 Å². The summed E-state index contributed by atoms with van der Waals surface area (Å²) in [5.41, 5.74) is 3.75. The zero-order valence-corrected chi connectivity index (χ0v) is 47.8. The number of hydrogen-bond donors (Lipinski definition) is 6. The van der Waals surface area contributed by atoms with Crippen LogP contribution in [0.25, 0.3) is 0 Å². The lowest BCUT2D eigenvalue weighted by molar-refractivity contribution is -0.150. The summed E-state index contributed by atoms with van der Waals surface area (Å²) in [6.07, 6.45) is -0.0539. The first-order chi connectivity index (χ1) is 39.6. The van der Waals surface area contributed by atoms with Crippen molar-refractivity contribution in [1.29, 1.82) is 0 Å². The van der Waals surface area contributed by atoms with Crippen molar-refractivity contribution in [3.05, 3.63) is 179 Å². The number of ether oxygens (including phenoxy) is 4. The zero-order chi connectivity index (χ0) is 58.9. The summed E-state index contributed by atoms with van der Waals surface area (Å²) < 4.78 is 21.9. The van der Waals surface area contributed by atoms with Gasteiger partial charge >= 0.3 is 24.0 Å². The Hall–Kier alpha value is -8.17. The van der Waals surface area contributed by atoms with Crippen LogP contribution in [-0.2, 0) is 89.5 Å². The number of benzene rings is 5. The van der Waals surface area contributed by atoms with E-state index in [2.05, 4.69) is 31.9 Å². The van der Waals surface area contributed by atoms with Gasteiger partial charge in [-0.15, -0.1) is 0 Å². The fraction of sp³-hybridized carbons (Fsp3) is 0.361. The summed E-state index contributed by atoms with van der Waals surface area (Å²) in [7, 11) is 0. The fourth-order valence-electron chi connectivity index (χ4n) is 7.85. The number of rotatable bonds is 34. The second kappa shape index (κ2) is 36.2. The van der Waals surface area contributed by atoms with Crippen molar-refractivity contribution >= 4 is 77.1 Å². The normalized spacial score (nSPS) is 12.6. The third-order valence-electron chi connectivity index (χ3n) is 12.2. The highest BCUT2D eigenvalue weighted by Gasteiger charge is 2.33. The molecule has 0 spiro atoms. The van der Waals surface area contributed by atoms with Crippen molar-refractivity contribution in [2.75, 3.05) is 24.3 Å². The molecule has 0 saturated heterocycles. The van der Waals surface area contributed by atoms with Crippen molar-refractivity contribution in [1.82, 2.24) is 31.9 Å². The Bertz CT molecular complexity index is 2800. The van der Waals surface area contributed by atoms with E-state index in [0.717, 1.165) is 16.7 Å². The Morgan fingerprint density at radius 3 is 1.40 bits per heavy atom. The average Bonchev–Trinajstić information content (AvgIpc) is 3.52. The van der Waals surface area contributed by atoms with Gasteiger partial charge in [0.1, 0.15) is 56.6 Å². The van der Waals surface area contributed by atoms with Crippen LogP contribution in [0.15, 0.2) is 152 Å². The van der Waals surface area contributed by atoms with Crippen molar-refractivity contribution in [3.8, 4) is 0 Å². The number of amides is 6. The Morgan fingerprint density at radius 1 is 0.451 bits per heavy atom. The van der Waals surface area contributed by atoms with E-state index in [0.29, 0.717) is 22.6 Å². The number of esters is 3. The largest absolute Gasteiger partial charge is 0.461 e. The van der Waals surface area contributed by atoms with Gasteiger partial charge in [0.2, 0.25) is 29.5 Å². The molecule has 6 amide bonds. The lowest BCUT2D eigenvalue weighted by Gasteiger charge is -2.26. The SMILES string of the molecule is CSCC[C@H](NC(=O)OCc1ccccc1)C(=O)N[C@@H](CC(=O)OCc1ccccc1)C(=O)NCC(=O)N[C@@H](CSCc1ccccc1)C(=O)N[C@@H](CCC(=O)OCc1ccccc1)C(=O)N[C@@H](CC(C)C)C(=O)OCc1ccccc1. The molecule has 0 radical (unpaired) electrons. The van der Waals surface area contributed by atoms with Crippen molar-refractivity contribution in [2.45, 2.75) is 108 Å². The molecule has 21 heteroatoms. The van der Waals surface area contributed by atoms with E-state index in [1.54, 1.807) is 103 Å². The van der Waals surface area contributed by atoms with Gasteiger partial charge in [0.25, 0.3) is 0 Å². The Labute approximate surface area is 486 Å². The molecule has 0 aliphatic heterocycles. The number of carbonyl (C=O) groups is 9. The monoisotopic (exact) mass is 1160 g/mol. The fourth-order valence-corrected chi connectivity index (χ4v) is 9.33. The molecular weight excluding hydrogens is 1090 g/mol. The third-order valence-corrected chi connectivity index (χ3v) is 13.9. The van der Waals surface area contributed by atoms with Crippen LogP contribution in [-0.4, -0.2) is 108 Å². The van der Waals surface area contributed by atoms with Gasteiger partial charge in [0.15, 0.2) is 0 Å². The molecule has 0 fully saturated rings. The van der Waals surface area contributed by atoms with Gasteiger partial charge in [-0.3, -0.25) is 33.6 Å². The van der Waals surface area contributed by atoms with Crippen LogP contribution in [0.3, 0.4) is 0 Å². The molecular formula is C61H72N6O13S2. The maximum Gasteiger partial charge on any atom is 0.408 e. The van der Waals surface area contributed by atoms with E-state index in [4.69, 9.17) is 18.9 Å². The summed E-state index contributed by atoms with van der Waals surface area (Å²) in [4.78, 5) is 124. The molecule has 0 aliphatic rings. The molecule has 6 N–H and O–H groups in total. The predicted octanol–water partition coefficient (Wildman–Crippen LogP) is 6.47. The molecule has 82 heavy (non-hydrogen) atoms. The van der Waals surface area contributed by atoms with E-state index < -0.39 is 96.7 Å². The van der Waals surface area contributed by atoms with E-state index in [1.807, 2.05) is 68.6 Å². The smallest absolute Gasteiger partial charge is 0.408 e. The first-order valence-electron chi connectivity index (χ1n) is 26.8. The summed E-state index contributed by atoms with van der Waals surface area (Å²) in [5, 5.41) is 15.6. The van der Waals surface area contributed by atoms with Gasteiger partial charge in [0, 0.05) is 17.9 Å². The van der Waals surface area contributed by atoms with Crippen LogP contribution < -0.4 is 31.9 Å². The summed E-state index contributed by atoms with van der Waals surface area (Å²) in [6, 6.07) is 38.2. The molecule has 0 aromatic heterocycles. The lowest BCUT2D eigenvalue weighted by Crippen LogP contribution is -2.58. The standard InChI is InChI=1S/C61H72N6O13S2/c1-42(2)33-51(60(75)79-38-45-23-13-6-14-24-45)66-57(72)48(29-30-54(69)77-36-43-19-9-4-10-20-43)64-59(74)52(41-82-40-47-27-17-8-18-28-47)63-53(68)35-62-56(71)50(34-55(70)78-37-44-21-11-5-12-22-44)65-58(73)49(31-32-81-3)67-61(76)80-39-46-25-15-7-16-26-46/h4-28,42,48-52H,29-41H2,1-3H3,(H,62,71)(H,63,68)(H,64,74)(H,65,73)(H,66,72)(H,67,76)/t48-,49-,50-,51-,52-/m0/s1. The van der Waals surface area contributed by atoms with E-state index in [1.165, 1.54) is 23.5 Å². The highest BCUT2D eigenvalue weighted by Crippen LogP contribution is 2.16. The topological polar surface area (TPSA) is 263 Å². The van der Waals surface area contributed by atoms with Crippen LogP contribution in [0.1, 0.15) is 73.8 Å². The maximum absolute atomic E-state index is 14.5. The highest BCUT2D eigenvalue weighted by molar-refractivity contribution is 7.98. The first-order valence-corrected chi connectivity index (χ1v) is 29.4. The Kier molecular flexibility index (Phi) is 28.6. The van der Waals surface area contributed by atoms with E-state index in [9.17, 15) is 43.2 Å². The molecule has 0 unspecified atom stereocenters. The minimum absolute atomic E-state index is 0.0384. The minimum Gasteiger partial charge on any atom is -0.461 e. The molecule has 0 saturated carbocycles. The van der Waals surface area contributed by atoms with E-state index >= 15 is 0 Å². The van der Waals surface area contributed by atoms with Crippen molar-refractivity contribution in [3.63, 3.8) is 0 Å². The number of carbonyl (C=O) groups excluding carboxylic acids is 9. The maximum atomic E-state index is 14.5. The van der Waals surface area contributed by atoms with Gasteiger partial charge in [0.05, 0.1) is 13.0 Å². The zero-order valence-electron chi connectivity index (χ0n) is 46.2. The van der Waals surface area contributed by atoms with Crippen molar-refractivity contribution < 1.29 is 62.1 Å².